The maximum Gasteiger partial charge on any atom is 0.410 e. The summed E-state index contributed by atoms with van der Waals surface area (Å²) in [5, 5.41) is 2.45. The number of hydrogen-bond acceptors (Lipinski definition) is 7. The number of rotatable bonds is 3. The molecule has 2 amide bonds. The molecule has 0 saturated carbocycles. The number of fused-ring (bicyclic) bond motifs is 1. The van der Waals surface area contributed by atoms with Gasteiger partial charge in [0.05, 0.1) is 12.8 Å². The van der Waals surface area contributed by atoms with Crippen LogP contribution in [0.5, 0.6) is 0 Å². The van der Waals surface area contributed by atoms with Crippen molar-refractivity contribution in [2.45, 2.75) is 31.6 Å². The van der Waals surface area contributed by atoms with Gasteiger partial charge < -0.3 is 19.7 Å². The van der Waals surface area contributed by atoms with Gasteiger partial charge in [-0.25, -0.2) is 14.6 Å². The van der Waals surface area contributed by atoms with Crippen LogP contribution in [0.3, 0.4) is 0 Å². The van der Waals surface area contributed by atoms with Gasteiger partial charge in [0.2, 0.25) is 5.91 Å². The average Bonchev–Trinajstić information content (AvgIpc) is 2.62. The van der Waals surface area contributed by atoms with E-state index in [-0.39, 0.29) is 18.2 Å². The van der Waals surface area contributed by atoms with Crippen molar-refractivity contribution < 1.29 is 23.9 Å². The molecule has 0 aromatic heterocycles. The summed E-state index contributed by atoms with van der Waals surface area (Å²) in [6.07, 6.45) is -0.412. The minimum atomic E-state index is -0.579. The Kier molecular flexibility index (Phi) is 5.64. The van der Waals surface area contributed by atoms with Crippen molar-refractivity contribution in [1.82, 2.24) is 4.90 Å². The van der Waals surface area contributed by atoms with E-state index < -0.39 is 22.9 Å². The molecule has 0 radical (unpaired) electrons. The van der Waals surface area contributed by atoms with Crippen LogP contribution in [0.4, 0.5) is 16.2 Å². The van der Waals surface area contributed by atoms with E-state index in [0.29, 0.717) is 29.2 Å². The fourth-order valence-electron chi connectivity index (χ4n) is 2.80. The van der Waals surface area contributed by atoms with Crippen molar-refractivity contribution in [2.24, 2.45) is 4.99 Å². The molecular weight excluding hydrogens is 382 g/mol. The Morgan fingerprint density at radius 1 is 1.29 bits per heavy atom. The molecular formula is C19H23N3O5S. The first-order valence-electron chi connectivity index (χ1n) is 8.90. The van der Waals surface area contributed by atoms with Crippen molar-refractivity contribution in [3.05, 3.63) is 23.8 Å². The molecule has 2 heterocycles. The fraction of sp³-hybridized carbons (Fsp3) is 0.474. The molecule has 0 aliphatic carbocycles. The van der Waals surface area contributed by atoms with Gasteiger partial charge in [0.25, 0.3) is 0 Å². The van der Waals surface area contributed by atoms with Crippen molar-refractivity contribution in [3.8, 4) is 0 Å². The number of nitrogens with one attached hydrogen (secondary N) is 1. The molecule has 28 heavy (non-hydrogen) atoms. The van der Waals surface area contributed by atoms with Gasteiger partial charge in [0, 0.05) is 30.1 Å². The van der Waals surface area contributed by atoms with Crippen LogP contribution in [-0.4, -0.2) is 65.4 Å². The molecule has 0 spiro atoms. The topological polar surface area (TPSA) is 97.3 Å². The summed E-state index contributed by atoms with van der Waals surface area (Å²) < 4.78 is 10.1. The lowest BCUT2D eigenvalue weighted by Gasteiger charge is -2.33. The highest BCUT2D eigenvalue weighted by atomic mass is 32.2. The summed E-state index contributed by atoms with van der Waals surface area (Å²) >= 11 is 1.50. The molecule has 0 bridgehead atoms. The second-order valence-electron chi connectivity index (χ2n) is 7.46. The van der Waals surface area contributed by atoms with Gasteiger partial charge in [-0.2, -0.15) is 0 Å². The zero-order valence-electron chi connectivity index (χ0n) is 16.3. The second-order valence-corrected chi connectivity index (χ2v) is 8.77. The van der Waals surface area contributed by atoms with Gasteiger partial charge in [-0.15, -0.1) is 11.8 Å². The lowest BCUT2D eigenvalue weighted by molar-refractivity contribution is -0.132. The highest BCUT2D eigenvalue weighted by Crippen LogP contribution is 2.33. The minimum Gasteiger partial charge on any atom is -0.464 e. The lowest BCUT2D eigenvalue weighted by atomic mass is 10.0. The van der Waals surface area contributed by atoms with E-state index in [2.05, 4.69) is 15.0 Å². The quantitative estimate of drug-likeness (QED) is 0.777. The lowest BCUT2D eigenvalue weighted by Crippen LogP contribution is -2.47. The number of esters is 1. The molecule has 8 nitrogen and oxygen atoms in total. The highest BCUT2D eigenvalue weighted by molar-refractivity contribution is 8.00. The van der Waals surface area contributed by atoms with Gasteiger partial charge in [0.1, 0.15) is 10.9 Å². The summed E-state index contributed by atoms with van der Waals surface area (Å²) in [5.74, 6) is -0.0541. The van der Waals surface area contributed by atoms with Crippen molar-refractivity contribution in [3.63, 3.8) is 0 Å². The van der Waals surface area contributed by atoms with Crippen molar-refractivity contribution in [1.29, 1.82) is 0 Å². The first-order valence-corrected chi connectivity index (χ1v) is 9.94. The molecule has 1 aromatic carbocycles. The standard InChI is InChI=1S/C19H23N3O5S/c1-19(2,3)27-18(25)22-7-8-28-14(10-22)16(23)20-11-5-6-13-12(9-11)15(21-13)17(24)26-4/h5-6,9,14H,7-8,10H2,1-4H3,(H,20,23). The normalized spacial score (nSPS) is 18.4. The fourth-order valence-corrected chi connectivity index (χ4v) is 3.91. The Bertz CT molecular complexity index is 846. The maximum atomic E-state index is 12.7. The van der Waals surface area contributed by atoms with E-state index in [1.165, 1.54) is 18.9 Å². The first kappa shape index (κ1) is 20.2. The van der Waals surface area contributed by atoms with Gasteiger partial charge in [0.15, 0.2) is 5.71 Å². The van der Waals surface area contributed by atoms with Gasteiger partial charge in [-0.3, -0.25) is 4.79 Å². The number of nitrogens with zero attached hydrogens (tertiary/aromatic N) is 2. The monoisotopic (exact) mass is 405 g/mol. The zero-order chi connectivity index (χ0) is 20.5. The molecule has 1 unspecified atom stereocenters. The van der Waals surface area contributed by atoms with Crippen LogP contribution in [0.2, 0.25) is 0 Å². The maximum absolute atomic E-state index is 12.7. The van der Waals surface area contributed by atoms with E-state index in [9.17, 15) is 14.4 Å². The highest BCUT2D eigenvalue weighted by Gasteiger charge is 2.32. The number of hydrogen-bond donors (Lipinski definition) is 1. The number of ether oxygens (including phenoxy) is 2. The third-order valence-corrected chi connectivity index (χ3v) is 5.32. The van der Waals surface area contributed by atoms with Crippen LogP contribution in [0, 0.1) is 0 Å². The Balaban J connectivity index is 1.62. The summed E-state index contributed by atoms with van der Waals surface area (Å²) in [6.45, 7) is 6.26. The number of carbonyl (C=O) groups is 3. The van der Waals surface area contributed by atoms with Crippen molar-refractivity contribution in [2.75, 3.05) is 31.3 Å². The number of benzene rings is 1. The Labute approximate surface area is 167 Å². The molecule has 3 rings (SSSR count). The van der Waals surface area contributed by atoms with E-state index >= 15 is 0 Å². The number of anilines is 1. The molecule has 1 fully saturated rings. The number of methoxy groups -OCH3 is 1. The molecule has 1 atom stereocenters. The van der Waals surface area contributed by atoms with Crippen LogP contribution >= 0.6 is 11.8 Å². The van der Waals surface area contributed by atoms with E-state index in [0.717, 1.165) is 0 Å². The molecule has 2 aliphatic rings. The van der Waals surface area contributed by atoms with E-state index in [1.54, 1.807) is 23.1 Å². The number of thioether (sulfide) groups is 1. The molecule has 1 aromatic rings. The van der Waals surface area contributed by atoms with Crippen LogP contribution < -0.4 is 5.32 Å². The number of amides is 2. The molecule has 1 N–H and O–H groups in total. The minimum absolute atomic E-state index is 0.200. The second kappa shape index (κ2) is 7.83. The van der Waals surface area contributed by atoms with Crippen LogP contribution in [0.1, 0.15) is 26.3 Å². The predicted octanol–water partition coefficient (Wildman–Crippen LogP) is 2.58. The first-order chi connectivity index (χ1) is 13.2. The summed E-state index contributed by atoms with van der Waals surface area (Å²) in [7, 11) is 1.30. The number of carbonyl (C=O) groups excluding carboxylic acids is 3. The SMILES string of the molecule is COC(=O)C1=Nc2ccc(NC(=O)C3CN(C(=O)OC(C)(C)C)CCS3)cc21. The van der Waals surface area contributed by atoms with Crippen LogP contribution in [0.15, 0.2) is 23.2 Å². The van der Waals surface area contributed by atoms with Gasteiger partial charge in [-0.05, 0) is 39.0 Å². The average molecular weight is 405 g/mol. The van der Waals surface area contributed by atoms with Crippen LogP contribution in [0.25, 0.3) is 0 Å². The molecule has 2 aliphatic heterocycles. The van der Waals surface area contributed by atoms with E-state index in [4.69, 9.17) is 4.74 Å². The van der Waals surface area contributed by atoms with E-state index in [1.807, 2.05) is 20.8 Å². The largest absolute Gasteiger partial charge is 0.464 e. The Morgan fingerprint density at radius 2 is 2.04 bits per heavy atom. The third kappa shape index (κ3) is 4.46. The number of aliphatic imine (C=N–C) groups is 1. The summed E-state index contributed by atoms with van der Waals surface area (Å²) in [4.78, 5) is 42.2. The molecule has 9 heteroatoms. The van der Waals surface area contributed by atoms with Crippen LogP contribution in [-0.2, 0) is 19.1 Å². The zero-order valence-corrected chi connectivity index (χ0v) is 17.1. The van der Waals surface area contributed by atoms with Gasteiger partial charge in [-0.1, -0.05) is 0 Å². The van der Waals surface area contributed by atoms with Crippen molar-refractivity contribution >= 4 is 46.8 Å². The Hall–Kier alpha value is -2.55. The summed E-state index contributed by atoms with van der Waals surface area (Å²) in [6, 6.07) is 5.16. The summed E-state index contributed by atoms with van der Waals surface area (Å²) in [5.41, 5.74) is 1.56. The smallest absolute Gasteiger partial charge is 0.410 e. The molecule has 1 saturated heterocycles. The molecule has 150 valence electrons. The Morgan fingerprint density at radius 3 is 2.71 bits per heavy atom. The predicted molar refractivity (Wildman–Crippen MR) is 107 cm³/mol. The third-order valence-electron chi connectivity index (χ3n) is 4.14. The van der Waals surface area contributed by atoms with Gasteiger partial charge >= 0.3 is 12.1 Å².